The normalized spacial score (nSPS) is 12.2. The summed E-state index contributed by atoms with van der Waals surface area (Å²) in [6.45, 7) is 6.97. The minimum Gasteiger partial charge on any atom is -0.320 e. The van der Waals surface area contributed by atoms with E-state index in [2.05, 4.69) is 27.0 Å². The van der Waals surface area contributed by atoms with Gasteiger partial charge in [-0.25, -0.2) is 14.1 Å². The van der Waals surface area contributed by atoms with Crippen molar-refractivity contribution in [3.8, 4) is 5.69 Å². The number of nitrogens with zero attached hydrogens (tertiary/aromatic N) is 4. The Balaban J connectivity index is 2.28. The average molecular weight is 458 g/mol. The number of allylic oxidation sites excluding steroid dienone is 2. The van der Waals surface area contributed by atoms with E-state index in [1.807, 2.05) is 0 Å². The van der Waals surface area contributed by atoms with Gasteiger partial charge in [-0.2, -0.15) is 9.49 Å². The van der Waals surface area contributed by atoms with Crippen LogP contribution in [0.3, 0.4) is 0 Å². The van der Waals surface area contributed by atoms with Crippen LogP contribution in [0.25, 0.3) is 16.7 Å². The predicted octanol–water partition coefficient (Wildman–Crippen LogP) is 3.99. The predicted molar refractivity (Wildman–Crippen MR) is 120 cm³/mol. The Hall–Kier alpha value is -3.72. The lowest BCUT2D eigenvalue weighted by Gasteiger charge is -2.14. The van der Waals surface area contributed by atoms with E-state index in [0.717, 1.165) is 22.4 Å². The topological polar surface area (TPSA) is 89.2 Å². The zero-order valence-corrected chi connectivity index (χ0v) is 18.2. The Bertz CT molecular complexity index is 1380. The Morgan fingerprint density at radius 1 is 1.31 bits per heavy atom. The number of aryl methyl sites for hydroxylation is 2. The van der Waals surface area contributed by atoms with E-state index in [0.29, 0.717) is 5.69 Å². The van der Waals surface area contributed by atoms with Crippen LogP contribution in [0.1, 0.15) is 21.7 Å². The van der Waals surface area contributed by atoms with E-state index in [1.54, 1.807) is 19.9 Å². The van der Waals surface area contributed by atoms with Gasteiger partial charge in [0.05, 0.1) is 5.52 Å². The van der Waals surface area contributed by atoms with Crippen LogP contribution in [0, 0.1) is 19.7 Å². The maximum atomic E-state index is 14.7. The monoisotopic (exact) mass is 457 g/mol. The summed E-state index contributed by atoms with van der Waals surface area (Å²) in [7, 11) is 1.23. The summed E-state index contributed by atoms with van der Waals surface area (Å²) in [4.78, 5) is 33.5. The molecule has 1 amide bonds. The summed E-state index contributed by atoms with van der Waals surface area (Å²) >= 11 is 5.85. The quantitative estimate of drug-likeness (QED) is 0.463. The van der Waals surface area contributed by atoms with Gasteiger partial charge in [0.15, 0.2) is 5.69 Å². The minimum absolute atomic E-state index is 0.0397. The Kier molecular flexibility index (Phi) is 6.59. The Labute approximate surface area is 186 Å². The fraction of sp³-hybridized carbons (Fsp3) is 0.136. The molecule has 32 heavy (non-hydrogen) atoms. The van der Waals surface area contributed by atoms with E-state index in [9.17, 15) is 18.4 Å². The molecule has 0 saturated heterocycles. The van der Waals surface area contributed by atoms with E-state index in [1.165, 1.54) is 25.3 Å². The molecule has 3 aromatic rings. The first-order chi connectivity index (χ1) is 15.2. The molecule has 0 saturated carbocycles. The number of fused-ring (bicyclic) bond motifs is 1. The number of benzene rings is 1. The van der Waals surface area contributed by atoms with Crippen LogP contribution in [0.4, 0.5) is 8.78 Å². The van der Waals surface area contributed by atoms with Crippen molar-refractivity contribution in [3.05, 3.63) is 86.7 Å². The first kappa shape index (κ1) is 23.0. The van der Waals surface area contributed by atoms with Gasteiger partial charge in [0.25, 0.3) is 5.91 Å². The second-order valence-corrected chi connectivity index (χ2v) is 7.18. The molecule has 3 rings (SSSR count). The number of nitrogens with one attached hydrogen (secondary N) is 1. The number of hydrogen-bond donors (Lipinski definition) is 1. The molecule has 0 atom stereocenters. The van der Waals surface area contributed by atoms with Crippen molar-refractivity contribution in [2.45, 2.75) is 13.8 Å². The zero-order valence-electron chi connectivity index (χ0n) is 17.4. The molecule has 0 fully saturated rings. The molecule has 0 unspecified atom stereocenters. The highest BCUT2D eigenvalue weighted by Gasteiger charge is 2.21. The number of pyridine rings is 1. The maximum Gasteiger partial charge on any atom is 0.280 e. The number of halogens is 3. The molecule has 10 heteroatoms. The molecule has 0 spiro atoms. The van der Waals surface area contributed by atoms with Gasteiger partial charge in [0, 0.05) is 29.5 Å². The summed E-state index contributed by atoms with van der Waals surface area (Å²) in [5.74, 6) is -2.53. The zero-order chi connectivity index (χ0) is 23.6. The number of aromatic nitrogens is 3. The van der Waals surface area contributed by atoms with Crippen molar-refractivity contribution in [1.82, 2.24) is 20.1 Å². The molecular formula is C22H18ClF2N5O2. The van der Waals surface area contributed by atoms with Crippen molar-refractivity contribution in [3.63, 3.8) is 0 Å². The van der Waals surface area contributed by atoms with E-state index >= 15 is 0 Å². The number of carbonyl (C=O) groups excluding carboxylic acids is 1. The number of aliphatic imine (C=N–C) groups is 1. The molecule has 2 aromatic heterocycles. The summed E-state index contributed by atoms with van der Waals surface area (Å²) in [5, 5.41) is 6.62. The number of amides is 1. The lowest BCUT2D eigenvalue weighted by molar-refractivity contribution is 0.0959. The van der Waals surface area contributed by atoms with Crippen LogP contribution >= 0.6 is 11.6 Å². The second-order valence-electron chi connectivity index (χ2n) is 6.75. The van der Waals surface area contributed by atoms with Crippen LogP contribution in [-0.2, 0) is 0 Å². The molecule has 1 aromatic carbocycles. The van der Waals surface area contributed by atoms with Crippen LogP contribution in [-0.4, -0.2) is 33.7 Å². The smallest absolute Gasteiger partial charge is 0.280 e. The molecular weight excluding hydrogens is 440 g/mol. The third kappa shape index (κ3) is 4.47. The van der Waals surface area contributed by atoms with Gasteiger partial charge < -0.3 is 5.32 Å². The average Bonchev–Trinajstić information content (AvgIpc) is 2.75. The Morgan fingerprint density at radius 3 is 2.66 bits per heavy atom. The highest BCUT2D eigenvalue weighted by Crippen LogP contribution is 2.22. The highest BCUT2D eigenvalue weighted by atomic mass is 35.5. The standard InChI is InChI=1S/C22H18ClF2N5O2/c1-5-14(10-18(25)26-4)28-22(32)20-21(31)19-17(8-11(2)12(3)27-19)30(29-20)16-7-6-13(23)9-15(16)24/h5-10H,1H2,2-4H3,(H,28,32)/b14-10+,26-18?. The largest absolute Gasteiger partial charge is 0.320 e. The lowest BCUT2D eigenvalue weighted by Crippen LogP contribution is -2.32. The first-order valence-corrected chi connectivity index (χ1v) is 9.68. The van der Waals surface area contributed by atoms with Crippen LogP contribution in [0.2, 0.25) is 5.02 Å². The highest BCUT2D eigenvalue weighted by molar-refractivity contribution is 6.30. The molecule has 1 N–H and O–H groups in total. The van der Waals surface area contributed by atoms with E-state index in [-0.39, 0.29) is 27.4 Å². The number of carbonyl (C=O) groups is 1. The summed E-state index contributed by atoms with van der Waals surface area (Å²) in [6, 6.07) is 5.53. The second kappa shape index (κ2) is 9.19. The van der Waals surface area contributed by atoms with Crippen molar-refractivity contribution in [2.75, 3.05) is 7.05 Å². The van der Waals surface area contributed by atoms with Gasteiger partial charge >= 0.3 is 0 Å². The van der Waals surface area contributed by atoms with Crippen LogP contribution in [0.15, 0.2) is 58.5 Å². The lowest BCUT2D eigenvalue weighted by atomic mass is 10.1. The minimum atomic E-state index is -0.949. The summed E-state index contributed by atoms with van der Waals surface area (Å²) in [5.41, 5.74) is 0.0169. The third-order valence-corrected chi connectivity index (χ3v) is 4.86. The van der Waals surface area contributed by atoms with Gasteiger partial charge in [-0.3, -0.25) is 14.6 Å². The molecule has 7 nitrogen and oxygen atoms in total. The third-order valence-electron chi connectivity index (χ3n) is 4.62. The van der Waals surface area contributed by atoms with Crippen LogP contribution in [0.5, 0.6) is 0 Å². The SMILES string of the molecule is C=C/C(=C\C(F)=NC)NC(=O)c1nn(-c2ccc(Cl)cc2F)c2cc(C)c(C)nc2c1=O. The van der Waals surface area contributed by atoms with Crippen molar-refractivity contribution in [1.29, 1.82) is 0 Å². The summed E-state index contributed by atoms with van der Waals surface area (Å²) < 4.78 is 29.3. The fourth-order valence-electron chi connectivity index (χ4n) is 2.85. The van der Waals surface area contributed by atoms with Gasteiger partial charge in [-0.05, 0) is 49.8 Å². The molecule has 164 valence electrons. The van der Waals surface area contributed by atoms with Crippen LogP contribution < -0.4 is 10.7 Å². The molecule has 0 bridgehead atoms. The van der Waals surface area contributed by atoms with Gasteiger partial charge in [0.2, 0.25) is 11.4 Å². The van der Waals surface area contributed by atoms with Gasteiger partial charge in [-0.1, -0.05) is 18.2 Å². The maximum absolute atomic E-state index is 14.7. The van der Waals surface area contributed by atoms with E-state index in [4.69, 9.17) is 11.6 Å². The molecule has 0 aliphatic rings. The van der Waals surface area contributed by atoms with Crippen molar-refractivity contribution >= 4 is 34.5 Å². The number of hydrogen-bond acceptors (Lipinski definition) is 5. The molecule has 0 radical (unpaired) electrons. The van der Waals surface area contributed by atoms with Crippen molar-refractivity contribution < 1.29 is 13.6 Å². The van der Waals surface area contributed by atoms with Gasteiger partial charge in [0.1, 0.15) is 17.0 Å². The Morgan fingerprint density at radius 2 is 2.03 bits per heavy atom. The summed E-state index contributed by atoms with van der Waals surface area (Å²) in [6.07, 6.45) is 2.10. The van der Waals surface area contributed by atoms with Gasteiger partial charge in [-0.15, -0.1) is 0 Å². The molecule has 0 aliphatic heterocycles. The fourth-order valence-corrected chi connectivity index (χ4v) is 3.00. The van der Waals surface area contributed by atoms with Crippen molar-refractivity contribution in [2.24, 2.45) is 4.99 Å². The first-order valence-electron chi connectivity index (χ1n) is 9.30. The number of rotatable bonds is 5. The molecule has 0 aliphatic carbocycles. The molecule has 2 heterocycles. The van der Waals surface area contributed by atoms with E-state index < -0.39 is 28.8 Å².